The number of nitrogens with zero attached hydrogens (tertiary/aromatic N) is 2. The molecule has 2 aromatic rings. The smallest absolute Gasteiger partial charge is 0.140 e. The molecule has 1 aliphatic carbocycles. The van der Waals surface area contributed by atoms with E-state index >= 15 is 0 Å². The molecule has 82 valence electrons. The van der Waals surface area contributed by atoms with Crippen LogP contribution in [-0.2, 0) is 0 Å². The summed E-state index contributed by atoms with van der Waals surface area (Å²) in [5.74, 6) is 1.41. The normalized spacial score (nSPS) is 16.4. The van der Waals surface area contributed by atoms with Crippen molar-refractivity contribution in [1.82, 2.24) is 9.97 Å². The van der Waals surface area contributed by atoms with E-state index in [4.69, 9.17) is 11.6 Å². The summed E-state index contributed by atoms with van der Waals surface area (Å²) in [6.07, 6.45) is 3.65. The molecule has 0 aliphatic heterocycles. The summed E-state index contributed by atoms with van der Waals surface area (Å²) in [5, 5.41) is 1.48. The van der Waals surface area contributed by atoms with Gasteiger partial charge in [0.1, 0.15) is 11.0 Å². The Bertz CT molecular complexity index is 552. The van der Waals surface area contributed by atoms with Gasteiger partial charge < -0.3 is 0 Å². The summed E-state index contributed by atoms with van der Waals surface area (Å²) in [7, 11) is 0. The number of aromatic nitrogens is 2. The fourth-order valence-electron chi connectivity index (χ4n) is 1.94. The van der Waals surface area contributed by atoms with E-state index in [1.807, 2.05) is 18.2 Å². The summed E-state index contributed by atoms with van der Waals surface area (Å²) in [6, 6.07) is 5.88. The van der Waals surface area contributed by atoms with Crippen LogP contribution in [0, 0.1) is 0 Å². The van der Waals surface area contributed by atoms with Gasteiger partial charge in [0.05, 0.1) is 5.52 Å². The van der Waals surface area contributed by atoms with Gasteiger partial charge in [-0.05, 0) is 40.9 Å². The van der Waals surface area contributed by atoms with Crippen molar-refractivity contribution in [2.75, 3.05) is 0 Å². The summed E-state index contributed by atoms with van der Waals surface area (Å²) in [5.41, 5.74) is 0.921. The van der Waals surface area contributed by atoms with Crippen molar-refractivity contribution in [3.8, 4) is 0 Å². The zero-order valence-corrected chi connectivity index (χ0v) is 10.9. The van der Waals surface area contributed by atoms with E-state index in [2.05, 4.69) is 25.9 Å². The molecule has 1 aromatic carbocycles. The van der Waals surface area contributed by atoms with E-state index in [0.717, 1.165) is 21.2 Å². The summed E-state index contributed by atoms with van der Waals surface area (Å²) < 4.78 is 0.981. The maximum Gasteiger partial charge on any atom is 0.140 e. The second kappa shape index (κ2) is 3.97. The lowest BCUT2D eigenvalue weighted by Crippen LogP contribution is -2.12. The number of hydrogen-bond donors (Lipinski definition) is 0. The number of rotatable bonds is 1. The highest BCUT2D eigenvalue weighted by atomic mass is 79.9. The zero-order valence-electron chi connectivity index (χ0n) is 8.58. The molecule has 0 saturated heterocycles. The minimum atomic E-state index is 0.508. The van der Waals surface area contributed by atoms with Gasteiger partial charge in [-0.25, -0.2) is 9.97 Å². The molecule has 0 N–H and O–H groups in total. The van der Waals surface area contributed by atoms with Gasteiger partial charge in [-0.15, -0.1) is 0 Å². The number of para-hydroxylation sites is 1. The van der Waals surface area contributed by atoms with Crippen molar-refractivity contribution in [3.05, 3.63) is 33.6 Å². The Morgan fingerprint density at radius 2 is 2.06 bits per heavy atom. The molecule has 0 unspecified atom stereocenters. The lowest BCUT2D eigenvalue weighted by Gasteiger charge is -2.24. The van der Waals surface area contributed by atoms with Gasteiger partial charge in [-0.3, -0.25) is 0 Å². The number of halogens is 2. The van der Waals surface area contributed by atoms with Gasteiger partial charge in [0, 0.05) is 15.8 Å². The molecular weight excluding hydrogens is 288 g/mol. The van der Waals surface area contributed by atoms with Crippen molar-refractivity contribution in [3.63, 3.8) is 0 Å². The summed E-state index contributed by atoms with van der Waals surface area (Å²) in [4.78, 5) is 9.01. The molecule has 2 nitrogen and oxygen atoms in total. The van der Waals surface area contributed by atoms with Crippen molar-refractivity contribution in [1.29, 1.82) is 0 Å². The van der Waals surface area contributed by atoms with Gasteiger partial charge in [0.25, 0.3) is 0 Å². The van der Waals surface area contributed by atoms with Crippen LogP contribution in [-0.4, -0.2) is 9.97 Å². The van der Waals surface area contributed by atoms with E-state index < -0.39 is 0 Å². The number of benzene rings is 1. The molecule has 1 aromatic heterocycles. The number of fused-ring (bicyclic) bond motifs is 1. The van der Waals surface area contributed by atoms with Gasteiger partial charge in [-0.2, -0.15) is 0 Å². The minimum absolute atomic E-state index is 0.508. The van der Waals surface area contributed by atoms with Gasteiger partial charge >= 0.3 is 0 Å². The summed E-state index contributed by atoms with van der Waals surface area (Å²) >= 11 is 9.69. The first-order valence-corrected chi connectivity index (χ1v) is 6.54. The molecule has 4 heteroatoms. The average Bonchev–Trinajstić information content (AvgIpc) is 2.17. The fraction of sp³-hybridized carbons (Fsp3) is 0.333. The molecule has 1 fully saturated rings. The third-order valence-electron chi connectivity index (χ3n) is 3.12. The van der Waals surface area contributed by atoms with E-state index in [-0.39, 0.29) is 0 Å². The molecule has 0 radical (unpaired) electrons. The van der Waals surface area contributed by atoms with Crippen LogP contribution in [0.1, 0.15) is 31.0 Å². The molecule has 0 amide bonds. The standard InChI is InChI=1S/C12H10BrClN2/c13-9-6-2-5-8-10(9)15-12(16-11(8)14)7-3-1-4-7/h2,5-7H,1,3-4H2. The van der Waals surface area contributed by atoms with Crippen LogP contribution in [0.5, 0.6) is 0 Å². The fourth-order valence-corrected chi connectivity index (χ4v) is 2.64. The van der Waals surface area contributed by atoms with Crippen molar-refractivity contribution >= 4 is 38.4 Å². The van der Waals surface area contributed by atoms with E-state index in [9.17, 15) is 0 Å². The van der Waals surface area contributed by atoms with Crippen LogP contribution < -0.4 is 0 Å². The Hall–Kier alpha value is -0.670. The van der Waals surface area contributed by atoms with Crippen LogP contribution in [0.3, 0.4) is 0 Å². The molecule has 0 bridgehead atoms. The largest absolute Gasteiger partial charge is 0.231 e. The lowest BCUT2D eigenvalue weighted by atomic mass is 9.85. The Morgan fingerprint density at radius 3 is 2.75 bits per heavy atom. The first-order valence-electron chi connectivity index (χ1n) is 5.37. The Morgan fingerprint density at radius 1 is 1.25 bits per heavy atom. The molecule has 0 spiro atoms. The molecule has 1 saturated carbocycles. The highest BCUT2D eigenvalue weighted by Crippen LogP contribution is 2.36. The van der Waals surface area contributed by atoms with Crippen LogP contribution >= 0.6 is 27.5 Å². The third kappa shape index (κ3) is 1.62. The predicted molar refractivity (Wildman–Crippen MR) is 68.8 cm³/mol. The van der Waals surface area contributed by atoms with E-state index in [1.165, 1.54) is 19.3 Å². The van der Waals surface area contributed by atoms with Gasteiger partial charge in [0.15, 0.2) is 0 Å². The highest BCUT2D eigenvalue weighted by molar-refractivity contribution is 9.10. The molecular formula is C12H10BrClN2. The topological polar surface area (TPSA) is 25.8 Å². The van der Waals surface area contributed by atoms with Gasteiger partial charge in [0.2, 0.25) is 0 Å². The maximum atomic E-state index is 6.19. The zero-order chi connectivity index (χ0) is 11.1. The Labute approximate surface area is 107 Å². The van der Waals surface area contributed by atoms with Crippen molar-refractivity contribution < 1.29 is 0 Å². The first-order chi connectivity index (χ1) is 7.75. The first kappa shape index (κ1) is 10.5. The average molecular weight is 298 g/mol. The van der Waals surface area contributed by atoms with Crippen LogP contribution in [0.4, 0.5) is 0 Å². The monoisotopic (exact) mass is 296 g/mol. The summed E-state index contributed by atoms with van der Waals surface area (Å²) in [6.45, 7) is 0. The maximum absolute atomic E-state index is 6.19. The third-order valence-corrected chi connectivity index (χ3v) is 4.05. The molecule has 1 heterocycles. The minimum Gasteiger partial charge on any atom is -0.231 e. The molecule has 16 heavy (non-hydrogen) atoms. The van der Waals surface area contributed by atoms with Crippen LogP contribution in [0.15, 0.2) is 22.7 Å². The molecule has 0 atom stereocenters. The van der Waals surface area contributed by atoms with Crippen molar-refractivity contribution in [2.45, 2.75) is 25.2 Å². The molecule has 3 rings (SSSR count). The van der Waals surface area contributed by atoms with E-state index in [1.54, 1.807) is 0 Å². The second-order valence-corrected chi connectivity index (χ2v) is 5.35. The van der Waals surface area contributed by atoms with E-state index in [0.29, 0.717) is 11.1 Å². The predicted octanol–water partition coefficient (Wildman–Crippen LogP) is 4.31. The van der Waals surface area contributed by atoms with Crippen LogP contribution in [0.2, 0.25) is 5.15 Å². The van der Waals surface area contributed by atoms with Crippen molar-refractivity contribution in [2.24, 2.45) is 0 Å². The number of hydrogen-bond acceptors (Lipinski definition) is 2. The quantitative estimate of drug-likeness (QED) is 0.733. The lowest BCUT2D eigenvalue weighted by molar-refractivity contribution is 0.402. The highest BCUT2D eigenvalue weighted by Gasteiger charge is 2.23. The Kier molecular flexibility index (Phi) is 2.60. The SMILES string of the molecule is Clc1nc(C2CCC2)nc2c(Br)cccc12. The molecule has 1 aliphatic rings. The Balaban J connectivity index is 2.23. The van der Waals surface area contributed by atoms with Gasteiger partial charge in [-0.1, -0.05) is 24.1 Å². The van der Waals surface area contributed by atoms with Crippen LogP contribution in [0.25, 0.3) is 10.9 Å². The second-order valence-electron chi connectivity index (χ2n) is 4.14.